The third-order valence-corrected chi connectivity index (χ3v) is 4.45. The van der Waals surface area contributed by atoms with Crippen molar-refractivity contribution in [2.75, 3.05) is 58.7 Å². The summed E-state index contributed by atoms with van der Waals surface area (Å²) in [4.78, 5) is 12.8. The van der Waals surface area contributed by atoms with Crippen molar-refractivity contribution in [3.8, 4) is 0 Å². The van der Waals surface area contributed by atoms with Crippen molar-refractivity contribution in [3.05, 3.63) is 48.5 Å². The Bertz CT molecular complexity index is 890. The van der Waals surface area contributed by atoms with E-state index < -0.39 is 0 Å². The van der Waals surface area contributed by atoms with E-state index in [1.54, 1.807) is 0 Å². The van der Waals surface area contributed by atoms with Gasteiger partial charge in [0.05, 0.1) is 42.3 Å². The van der Waals surface area contributed by atoms with Crippen molar-refractivity contribution in [2.24, 2.45) is 0 Å². The van der Waals surface area contributed by atoms with E-state index in [9.17, 15) is 0 Å². The van der Waals surface area contributed by atoms with Crippen LogP contribution in [0.3, 0.4) is 0 Å². The number of anilines is 5. The molecule has 0 radical (unpaired) electrons. The smallest absolute Gasteiger partial charge is 0.233 e. The highest BCUT2D eigenvalue weighted by molar-refractivity contribution is 5.62. The molecule has 0 unspecified atom stereocenters. The highest BCUT2D eigenvalue weighted by Crippen LogP contribution is 2.24. The number of benzene rings is 2. The molecule has 0 bridgehead atoms. The summed E-state index contributed by atoms with van der Waals surface area (Å²) in [6.07, 6.45) is 0. The van der Waals surface area contributed by atoms with E-state index >= 15 is 0 Å². The lowest BCUT2D eigenvalue weighted by Crippen LogP contribution is -2.34. The Morgan fingerprint density at radius 3 is 1.24 bits per heavy atom. The van der Waals surface area contributed by atoms with Gasteiger partial charge in [-0.15, -0.1) is 0 Å². The number of nitrogens with two attached hydrogens (primary N) is 1. The number of hydrogen-bond acceptors (Lipinski definition) is 6. The Balaban J connectivity index is 1.76. The van der Waals surface area contributed by atoms with E-state index in [-0.39, 0.29) is 5.95 Å². The predicted octanol–water partition coefficient (Wildman–Crippen LogP) is 3.33. The summed E-state index contributed by atoms with van der Waals surface area (Å²) in [6.45, 7) is 0. The summed E-state index contributed by atoms with van der Waals surface area (Å²) in [5, 5.41) is 6.37. The van der Waals surface area contributed by atoms with Gasteiger partial charge in [0.2, 0.25) is 17.8 Å². The number of nitrogens with zero attached hydrogens (tertiary/aromatic N) is 5. The largest absolute Gasteiger partial charge is 0.368 e. The van der Waals surface area contributed by atoms with Crippen molar-refractivity contribution in [1.29, 1.82) is 0 Å². The monoisotopic (exact) mass is 394 g/mol. The van der Waals surface area contributed by atoms with Crippen LogP contribution in [-0.4, -0.2) is 57.2 Å². The molecule has 0 saturated carbocycles. The van der Waals surface area contributed by atoms with Crippen LogP contribution in [0.15, 0.2) is 48.5 Å². The van der Waals surface area contributed by atoms with Crippen LogP contribution in [0.4, 0.5) is 40.6 Å². The normalized spacial score (nSPS) is 11.9. The molecule has 8 heteroatoms. The molecule has 0 saturated heterocycles. The third kappa shape index (κ3) is 5.40. The van der Waals surface area contributed by atoms with Gasteiger partial charge < -0.3 is 16.4 Å². The fraction of sp³-hybridized carbons (Fsp3) is 0.286. The van der Waals surface area contributed by atoms with Gasteiger partial charge in [0.25, 0.3) is 0 Å². The molecule has 29 heavy (non-hydrogen) atoms. The number of nitrogen functional groups attached to an aromatic ring is 1. The maximum absolute atomic E-state index is 5.88. The third-order valence-electron chi connectivity index (χ3n) is 4.45. The standard InChI is InChI=1S/C21H30N8/c1-28(2,3)17-11-7-15(8-12-17)23-20-25-19(22)26-21(27-20)24-16-9-13-18(14-10-16)29(4,5)6/h7-14H,1-6H3,(H4,22,23,24,25,26,27)/q+2. The van der Waals surface area contributed by atoms with Gasteiger partial charge in [-0.05, 0) is 24.3 Å². The van der Waals surface area contributed by atoms with Gasteiger partial charge in [0, 0.05) is 35.6 Å². The first-order valence-corrected chi connectivity index (χ1v) is 9.40. The molecule has 0 spiro atoms. The highest BCUT2D eigenvalue weighted by Gasteiger charge is 2.13. The van der Waals surface area contributed by atoms with Crippen LogP contribution in [0.5, 0.6) is 0 Å². The summed E-state index contributed by atoms with van der Waals surface area (Å²) in [6, 6.07) is 16.3. The summed E-state index contributed by atoms with van der Waals surface area (Å²) < 4.78 is 1.50. The Morgan fingerprint density at radius 1 is 0.586 bits per heavy atom. The maximum atomic E-state index is 5.88. The fourth-order valence-corrected chi connectivity index (χ4v) is 2.75. The Kier molecular flexibility index (Phi) is 5.41. The van der Waals surface area contributed by atoms with Gasteiger partial charge in [-0.1, -0.05) is 0 Å². The fourth-order valence-electron chi connectivity index (χ4n) is 2.75. The first-order valence-electron chi connectivity index (χ1n) is 9.40. The quantitative estimate of drug-likeness (QED) is 0.556. The minimum atomic E-state index is 0.149. The van der Waals surface area contributed by atoms with Crippen molar-refractivity contribution < 1.29 is 0 Å². The Hall–Kier alpha value is -3.23. The molecule has 0 atom stereocenters. The van der Waals surface area contributed by atoms with Gasteiger partial charge >= 0.3 is 0 Å². The van der Waals surface area contributed by atoms with Crippen molar-refractivity contribution in [2.45, 2.75) is 0 Å². The van der Waals surface area contributed by atoms with Crippen molar-refractivity contribution >= 4 is 40.6 Å². The lowest BCUT2D eigenvalue weighted by Gasteiger charge is -2.23. The lowest BCUT2D eigenvalue weighted by atomic mass is 10.2. The van der Waals surface area contributed by atoms with Crippen LogP contribution in [0.25, 0.3) is 0 Å². The molecule has 1 aromatic heterocycles. The second-order valence-electron chi connectivity index (χ2n) is 8.71. The minimum absolute atomic E-state index is 0.149. The molecule has 3 aromatic rings. The molecule has 0 aliphatic heterocycles. The number of quaternary nitrogens is 2. The average Bonchev–Trinajstić information content (AvgIpc) is 2.60. The van der Waals surface area contributed by atoms with Gasteiger partial charge in [0.15, 0.2) is 0 Å². The van der Waals surface area contributed by atoms with Crippen LogP contribution in [-0.2, 0) is 0 Å². The van der Waals surface area contributed by atoms with E-state index in [0.29, 0.717) is 11.9 Å². The van der Waals surface area contributed by atoms with Gasteiger partial charge in [-0.2, -0.15) is 15.0 Å². The molecule has 1 heterocycles. The molecule has 0 aliphatic rings. The number of aromatic nitrogens is 3. The minimum Gasteiger partial charge on any atom is -0.368 e. The molecule has 3 rings (SSSR count). The summed E-state index contributed by atoms with van der Waals surface area (Å²) in [7, 11) is 12.8. The second kappa shape index (κ2) is 7.65. The predicted molar refractivity (Wildman–Crippen MR) is 123 cm³/mol. The van der Waals surface area contributed by atoms with Crippen molar-refractivity contribution in [1.82, 2.24) is 23.9 Å². The molecule has 4 N–H and O–H groups in total. The molecule has 8 nitrogen and oxygen atoms in total. The molecule has 0 aliphatic carbocycles. The van der Waals surface area contributed by atoms with Crippen molar-refractivity contribution in [3.63, 3.8) is 0 Å². The van der Waals surface area contributed by atoms with E-state index in [1.807, 2.05) is 24.3 Å². The van der Waals surface area contributed by atoms with E-state index in [2.05, 4.69) is 92.1 Å². The molecule has 0 fully saturated rings. The topological polar surface area (TPSA) is 88.8 Å². The van der Waals surface area contributed by atoms with Crippen LogP contribution in [0, 0.1) is 0 Å². The van der Waals surface area contributed by atoms with E-state index in [1.165, 1.54) is 11.4 Å². The highest BCUT2D eigenvalue weighted by atomic mass is 15.3. The second-order valence-corrected chi connectivity index (χ2v) is 8.71. The zero-order chi connectivity index (χ0) is 21.2. The van der Waals surface area contributed by atoms with Crippen LogP contribution < -0.4 is 25.3 Å². The first-order chi connectivity index (χ1) is 13.5. The van der Waals surface area contributed by atoms with Gasteiger partial charge in [-0.3, -0.25) is 8.97 Å². The summed E-state index contributed by atoms with van der Waals surface area (Å²) >= 11 is 0. The molecule has 0 amide bonds. The number of nitrogens with one attached hydrogen (secondary N) is 2. The van der Waals surface area contributed by atoms with Gasteiger partial charge in [-0.25, -0.2) is 0 Å². The molecule has 2 aromatic carbocycles. The zero-order valence-corrected chi connectivity index (χ0v) is 17.9. The zero-order valence-electron chi connectivity index (χ0n) is 17.9. The summed E-state index contributed by atoms with van der Waals surface area (Å²) in [5.74, 6) is 0.929. The Morgan fingerprint density at radius 2 is 0.931 bits per heavy atom. The van der Waals surface area contributed by atoms with E-state index in [0.717, 1.165) is 20.3 Å². The van der Waals surface area contributed by atoms with Gasteiger partial charge in [0.1, 0.15) is 11.4 Å². The molecule has 152 valence electrons. The Labute approximate surface area is 172 Å². The van der Waals surface area contributed by atoms with Crippen LogP contribution >= 0.6 is 0 Å². The van der Waals surface area contributed by atoms with Crippen LogP contribution in [0.2, 0.25) is 0 Å². The number of hydrogen-bond donors (Lipinski definition) is 3. The number of rotatable bonds is 6. The lowest BCUT2D eigenvalue weighted by molar-refractivity contribution is 0.486. The van der Waals surface area contributed by atoms with E-state index in [4.69, 9.17) is 5.73 Å². The maximum Gasteiger partial charge on any atom is 0.233 e. The first kappa shape index (κ1) is 20.5. The summed E-state index contributed by atoms with van der Waals surface area (Å²) in [5.41, 5.74) is 10.0. The van der Waals surface area contributed by atoms with Crippen LogP contribution in [0.1, 0.15) is 0 Å². The SMILES string of the molecule is C[N+](C)(C)c1ccc(Nc2nc(N)nc(Nc3ccc([N+](C)(C)C)cc3)n2)cc1. The average molecular weight is 395 g/mol. The molecular formula is C21H30N8+2. The molecular weight excluding hydrogens is 364 g/mol.